The largest absolute Gasteiger partial charge is 0.396 e. The summed E-state index contributed by atoms with van der Waals surface area (Å²) in [4.78, 5) is 12.8. The summed E-state index contributed by atoms with van der Waals surface area (Å²) in [5.41, 5.74) is 2.39. The molecule has 0 atom stereocenters. The van der Waals surface area contributed by atoms with E-state index in [1.807, 2.05) is 0 Å². The number of nitrogens with zero attached hydrogens (tertiary/aromatic N) is 2. The van der Waals surface area contributed by atoms with Gasteiger partial charge in [0.1, 0.15) is 11.6 Å². The van der Waals surface area contributed by atoms with Crippen LogP contribution in [0.3, 0.4) is 0 Å². The van der Waals surface area contributed by atoms with Crippen molar-refractivity contribution >= 4 is 5.91 Å². The standard InChI is InChI=1S/C20H23F2N3O2/c21-13-8-14(22)10-16(9-13)25-18-3-1-2-17(18)19(24-25)20(27)23-15-6-4-12(11-26)5-7-15/h8-10,12,15,26H,1-7,11H2,(H,23,27). The maximum atomic E-state index is 13.6. The summed E-state index contributed by atoms with van der Waals surface area (Å²) in [6.45, 7) is 0.197. The molecule has 1 fully saturated rings. The lowest BCUT2D eigenvalue weighted by Gasteiger charge is -2.27. The Morgan fingerprint density at radius 2 is 1.85 bits per heavy atom. The van der Waals surface area contributed by atoms with E-state index in [1.54, 1.807) is 0 Å². The first kappa shape index (κ1) is 18.1. The monoisotopic (exact) mass is 375 g/mol. The molecule has 1 amide bonds. The minimum atomic E-state index is -0.668. The van der Waals surface area contributed by atoms with E-state index in [9.17, 15) is 18.7 Å². The van der Waals surface area contributed by atoms with Gasteiger partial charge in [-0.3, -0.25) is 4.79 Å². The van der Waals surface area contributed by atoms with Crippen molar-refractivity contribution in [1.82, 2.24) is 15.1 Å². The number of hydrogen-bond donors (Lipinski definition) is 2. The Bertz CT molecular complexity index is 837. The maximum absolute atomic E-state index is 13.6. The van der Waals surface area contributed by atoms with Gasteiger partial charge in [0.15, 0.2) is 5.69 Å². The number of hydrogen-bond acceptors (Lipinski definition) is 3. The zero-order valence-corrected chi connectivity index (χ0v) is 15.0. The van der Waals surface area contributed by atoms with Crippen molar-refractivity contribution in [3.8, 4) is 5.69 Å². The average Bonchev–Trinajstić information content (AvgIpc) is 3.23. The van der Waals surface area contributed by atoms with Crippen molar-refractivity contribution in [1.29, 1.82) is 0 Å². The van der Waals surface area contributed by atoms with Gasteiger partial charge in [0.05, 0.1) is 5.69 Å². The normalized spacial score (nSPS) is 21.9. The predicted octanol–water partition coefficient (Wildman–Crippen LogP) is 2.92. The van der Waals surface area contributed by atoms with Crippen molar-refractivity contribution in [3.63, 3.8) is 0 Å². The van der Waals surface area contributed by atoms with Gasteiger partial charge in [-0.15, -0.1) is 0 Å². The van der Waals surface area contributed by atoms with Gasteiger partial charge in [-0.05, 0) is 63.0 Å². The summed E-state index contributed by atoms with van der Waals surface area (Å²) >= 11 is 0. The molecule has 0 spiro atoms. The van der Waals surface area contributed by atoms with Gasteiger partial charge >= 0.3 is 0 Å². The highest BCUT2D eigenvalue weighted by Gasteiger charge is 2.29. The van der Waals surface area contributed by atoms with Crippen LogP contribution in [0.4, 0.5) is 8.78 Å². The number of amides is 1. The molecule has 1 aromatic heterocycles. The quantitative estimate of drug-likeness (QED) is 0.864. The number of carbonyl (C=O) groups is 1. The molecule has 1 saturated carbocycles. The fourth-order valence-electron chi connectivity index (χ4n) is 4.24. The number of rotatable bonds is 4. The molecule has 0 aliphatic heterocycles. The van der Waals surface area contributed by atoms with Crippen molar-refractivity contribution in [2.75, 3.05) is 6.61 Å². The minimum absolute atomic E-state index is 0.0779. The smallest absolute Gasteiger partial charge is 0.272 e. The Kier molecular flexibility index (Phi) is 4.95. The van der Waals surface area contributed by atoms with E-state index in [2.05, 4.69) is 10.4 Å². The van der Waals surface area contributed by atoms with E-state index < -0.39 is 11.6 Å². The first-order valence-electron chi connectivity index (χ1n) is 9.54. The lowest BCUT2D eigenvalue weighted by molar-refractivity contribution is 0.0907. The highest BCUT2D eigenvalue weighted by atomic mass is 19.1. The molecule has 27 heavy (non-hydrogen) atoms. The second-order valence-corrected chi connectivity index (χ2v) is 7.54. The molecule has 0 radical (unpaired) electrons. The van der Waals surface area contributed by atoms with E-state index in [0.29, 0.717) is 17.3 Å². The third kappa shape index (κ3) is 3.60. The van der Waals surface area contributed by atoms with Crippen LogP contribution in [0.15, 0.2) is 18.2 Å². The van der Waals surface area contributed by atoms with Gasteiger partial charge in [0, 0.05) is 30.0 Å². The summed E-state index contributed by atoms with van der Waals surface area (Å²) in [6, 6.07) is 3.36. The Morgan fingerprint density at radius 1 is 1.15 bits per heavy atom. The molecule has 1 heterocycles. The first-order valence-corrected chi connectivity index (χ1v) is 9.54. The summed E-state index contributed by atoms with van der Waals surface area (Å²) in [5, 5.41) is 16.7. The summed E-state index contributed by atoms with van der Waals surface area (Å²) in [7, 11) is 0. The van der Waals surface area contributed by atoms with Crippen molar-refractivity contribution in [2.24, 2.45) is 5.92 Å². The van der Waals surface area contributed by atoms with Gasteiger partial charge in [0.25, 0.3) is 5.91 Å². The maximum Gasteiger partial charge on any atom is 0.272 e. The van der Waals surface area contributed by atoms with Crippen LogP contribution in [-0.2, 0) is 12.8 Å². The molecular formula is C20H23F2N3O2. The van der Waals surface area contributed by atoms with Gasteiger partial charge in [-0.1, -0.05) is 0 Å². The number of fused-ring (bicyclic) bond motifs is 1. The molecule has 4 rings (SSSR count). The molecule has 0 bridgehead atoms. The molecule has 0 unspecified atom stereocenters. The molecular weight excluding hydrogens is 352 g/mol. The third-order valence-electron chi connectivity index (χ3n) is 5.68. The lowest BCUT2D eigenvalue weighted by Crippen LogP contribution is -2.38. The number of halogens is 2. The number of carbonyl (C=O) groups excluding carboxylic acids is 1. The molecule has 144 valence electrons. The number of nitrogens with one attached hydrogen (secondary N) is 1. The van der Waals surface area contributed by atoms with Crippen LogP contribution in [0.25, 0.3) is 5.69 Å². The van der Waals surface area contributed by atoms with Gasteiger partial charge in [0.2, 0.25) is 0 Å². The van der Waals surface area contributed by atoms with Crippen LogP contribution in [0.5, 0.6) is 0 Å². The summed E-state index contributed by atoms with van der Waals surface area (Å²) in [6.07, 6.45) is 5.85. The number of benzene rings is 1. The fraction of sp³-hybridized carbons (Fsp3) is 0.500. The van der Waals surface area contributed by atoms with Gasteiger partial charge in [-0.25, -0.2) is 13.5 Å². The van der Waals surface area contributed by atoms with Gasteiger partial charge in [-0.2, -0.15) is 5.10 Å². The number of aliphatic hydroxyl groups is 1. The van der Waals surface area contributed by atoms with Crippen LogP contribution in [0.2, 0.25) is 0 Å². The highest BCUT2D eigenvalue weighted by molar-refractivity contribution is 5.94. The van der Waals surface area contributed by atoms with Crippen LogP contribution >= 0.6 is 0 Å². The summed E-state index contributed by atoms with van der Waals surface area (Å²) < 4.78 is 28.8. The Balaban J connectivity index is 1.58. The van der Waals surface area contributed by atoms with Crippen LogP contribution < -0.4 is 5.32 Å². The zero-order valence-electron chi connectivity index (χ0n) is 15.0. The molecule has 0 saturated heterocycles. The third-order valence-corrected chi connectivity index (χ3v) is 5.68. The lowest BCUT2D eigenvalue weighted by atomic mass is 9.86. The molecule has 7 heteroatoms. The van der Waals surface area contributed by atoms with Crippen LogP contribution in [0, 0.1) is 17.6 Å². The SMILES string of the molecule is O=C(NC1CCC(CO)CC1)c1nn(-c2cc(F)cc(F)c2)c2c1CCC2. The zero-order chi connectivity index (χ0) is 19.0. The fourth-order valence-corrected chi connectivity index (χ4v) is 4.24. The molecule has 2 aliphatic carbocycles. The van der Waals surface area contributed by atoms with E-state index in [1.165, 1.54) is 16.8 Å². The van der Waals surface area contributed by atoms with E-state index in [0.717, 1.165) is 62.3 Å². The Labute approximate surface area is 156 Å². The highest BCUT2D eigenvalue weighted by Crippen LogP contribution is 2.29. The van der Waals surface area contributed by atoms with E-state index in [4.69, 9.17) is 0 Å². The second-order valence-electron chi connectivity index (χ2n) is 7.54. The second kappa shape index (κ2) is 7.38. The van der Waals surface area contributed by atoms with Crippen LogP contribution in [-0.4, -0.2) is 33.4 Å². The van der Waals surface area contributed by atoms with Crippen molar-refractivity contribution in [3.05, 3.63) is 46.8 Å². The Hall–Kier alpha value is -2.28. The molecule has 1 aromatic carbocycles. The topological polar surface area (TPSA) is 67.2 Å². The first-order chi connectivity index (χ1) is 13.0. The number of aliphatic hydroxyl groups excluding tert-OH is 1. The van der Waals surface area contributed by atoms with E-state index >= 15 is 0 Å². The molecule has 2 N–H and O–H groups in total. The molecule has 2 aromatic rings. The predicted molar refractivity (Wildman–Crippen MR) is 95.8 cm³/mol. The number of aromatic nitrogens is 2. The van der Waals surface area contributed by atoms with Gasteiger partial charge < -0.3 is 10.4 Å². The molecule has 2 aliphatic rings. The summed E-state index contributed by atoms with van der Waals surface area (Å²) in [5.74, 6) is -1.24. The van der Waals surface area contributed by atoms with E-state index in [-0.39, 0.29) is 18.6 Å². The van der Waals surface area contributed by atoms with Crippen molar-refractivity contribution < 1.29 is 18.7 Å². The average molecular weight is 375 g/mol. The Morgan fingerprint density at radius 3 is 2.52 bits per heavy atom. The minimum Gasteiger partial charge on any atom is -0.396 e. The molecule has 5 nitrogen and oxygen atoms in total. The van der Waals surface area contributed by atoms with Crippen molar-refractivity contribution in [2.45, 2.75) is 51.0 Å². The van der Waals surface area contributed by atoms with Crippen LogP contribution in [0.1, 0.15) is 53.8 Å².